The van der Waals surface area contributed by atoms with Gasteiger partial charge in [-0.1, -0.05) is 12.1 Å². The number of carbonyl (C=O) groups excluding carboxylic acids is 2. The molecule has 2 atom stereocenters. The van der Waals surface area contributed by atoms with E-state index in [1.165, 1.54) is 18.4 Å². The molecule has 1 aliphatic heterocycles. The average Bonchev–Trinajstić information content (AvgIpc) is 3.65. The Kier molecular flexibility index (Phi) is 6.34. The summed E-state index contributed by atoms with van der Waals surface area (Å²) in [5.41, 5.74) is 9.09. The molecule has 188 valence electrons. The van der Waals surface area contributed by atoms with Crippen molar-refractivity contribution in [2.24, 2.45) is 12.8 Å². The highest BCUT2D eigenvalue weighted by molar-refractivity contribution is 5.96. The van der Waals surface area contributed by atoms with Crippen molar-refractivity contribution in [2.75, 3.05) is 16.8 Å². The van der Waals surface area contributed by atoms with Crippen LogP contribution in [0.5, 0.6) is 0 Å². The van der Waals surface area contributed by atoms with Crippen molar-refractivity contribution in [2.45, 2.75) is 57.5 Å². The Morgan fingerprint density at radius 1 is 1.14 bits per heavy atom. The second-order valence-corrected chi connectivity index (χ2v) is 9.77. The largest absolute Gasteiger partial charge is 0.364 e. The first kappa shape index (κ1) is 23.8. The molecule has 1 aromatic carbocycles. The minimum absolute atomic E-state index is 0.0184. The number of benzene rings is 1. The van der Waals surface area contributed by atoms with Gasteiger partial charge in [0.25, 0.3) is 11.8 Å². The van der Waals surface area contributed by atoms with E-state index < -0.39 is 5.91 Å². The molecule has 0 spiro atoms. The molecule has 3 aromatic rings. The maximum Gasteiger partial charge on any atom is 0.271 e. The van der Waals surface area contributed by atoms with Gasteiger partial charge < -0.3 is 21.3 Å². The van der Waals surface area contributed by atoms with E-state index in [4.69, 9.17) is 10.7 Å². The lowest BCUT2D eigenvalue weighted by Crippen LogP contribution is -2.54. The van der Waals surface area contributed by atoms with Gasteiger partial charge in [0.1, 0.15) is 5.82 Å². The molecule has 1 saturated heterocycles. The number of primary amides is 1. The molecule has 5 rings (SSSR count). The summed E-state index contributed by atoms with van der Waals surface area (Å²) >= 11 is 0. The van der Waals surface area contributed by atoms with Crippen LogP contribution in [0.15, 0.2) is 36.7 Å². The molecule has 4 N–H and O–H groups in total. The SMILES string of the molecule is Cc1nn(C)cc1Nc1nc(N2CCC[C@@H](NC(=O)c3ccc(C4CC4)cc3)[C@H]2C)cnc1C(N)=O. The number of piperidine rings is 1. The number of nitrogens with zero attached hydrogens (tertiary/aromatic N) is 5. The first-order valence-corrected chi connectivity index (χ1v) is 12.4. The minimum Gasteiger partial charge on any atom is -0.364 e. The van der Waals surface area contributed by atoms with Crippen LogP contribution in [0.2, 0.25) is 0 Å². The maximum absolute atomic E-state index is 13.0. The summed E-state index contributed by atoms with van der Waals surface area (Å²) in [5.74, 6) is 0.829. The number of rotatable bonds is 7. The fraction of sp³-hybridized carbons (Fsp3) is 0.423. The van der Waals surface area contributed by atoms with Crippen LogP contribution >= 0.6 is 0 Å². The Bertz CT molecular complexity index is 1280. The van der Waals surface area contributed by atoms with E-state index in [-0.39, 0.29) is 29.5 Å². The predicted octanol–water partition coefficient (Wildman–Crippen LogP) is 3.03. The topological polar surface area (TPSA) is 131 Å². The molecule has 1 aliphatic carbocycles. The maximum atomic E-state index is 13.0. The zero-order valence-corrected chi connectivity index (χ0v) is 20.9. The standard InChI is InChI=1S/C26H32N8O2/c1-15-21(14-33(3)32-15)29-25-23(24(27)35)28-13-22(31-25)34-12-4-5-20(16(34)2)30-26(36)19-10-8-18(9-11-19)17-6-7-17/h8-11,13-14,16-17,20H,4-7,12H2,1-3H3,(H2,27,35)(H,29,31)(H,30,36)/t16-,20-/m1/s1. The van der Waals surface area contributed by atoms with Crippen LogP contribution in [0.4, 0.5) is 17.3 Å². The highest BCUT2D eigenvalue weighted by atomic mass is 16.2. The van der Waals surface area contributed by atoms with Gasteiger partial charge in [0.15, 0.2) is 11.5 Å². The van der Waals surface area contributed by atoms with Crippen molar-refractivity contribution < 1.29 is 9.59 Å². The highest BCUT2D eigenvalue weighted by Crippen LogP contribution is 2.39. The fourth-order valence-corrected chi connectivity index (χ4v) is 4.87. The Hall–Kier alpha value is -3.95. The number of hydrogen-bond acceptors (Lipinski definition) is 7. The third-order valence-corrected chi connectivity index (χ3v) is 7.08. The summed E-state index contributed by atoms with van der Waals surface area (Å²) in [6, 6.07) is 7.90. The van der Waals surface area contributed by atoms with Crippen LogP contribution in [0.25, 0.3) is 0 Å². The van der Waals surface area contributed by atoms with Gasteiger partial charge in [0, 0.05) is 37.4 Å². The fourth-order valence-electron chi connectivity index (χ4n) is 4.87. The van der Waals surface area contributed by atoms with Crippen molar-refractivity contribution in [1.29, 1.82) is 0 Å². The number of anilines is 3. The van der Waals surface area contributed by atoms with Gasteiger partial charge in [-0.2, -0.15) is 5.10 Å². The first-order chi connectivity index (χ1) is 17.3. The van der Waals surface area contributed by atoms with Crippen LogP contribution in [0.1, 0.15) is 70.6 Å². The van der Waals surface area contributed by atoms with Gasteiger partial charge in [-0.3, -0.25) is 14.3 Å². The van der Waals surface area contributed by atoms with Crippen LogP contribution in [0, 0.1) is 6.92 Å². The van der Waals surface area contributed by atoms with Gasteiger partial charge in [0.05, 0.1) is 17.6 Å². The molecule has 36 heavy (non-hydrogen) atoms. The van der Waals surface area contributed by atoms with E-state index in [0.29, 0.717) is 17.3 Å². The lowest BCUT2D eigenvalue weighted by atomic mass is 9.97. The number of nitrogens with two attached hydrogens (primary N) is 1. The summed E-state index contributed by atoms with van der Waals surface area (Å²) in [6.45, 7) is 4.70. The van der Waals surface area contributed by atoms with Crippen LogP contribution in [-0.4, -0.2) is 50.2 Å². The van der Waals surface area contributed by atoms with E-state index in [9.17, 15) is 9.59 Å². The zero-order chi connectivity index (χ0) is 25.4. The monoisotopic (exact) mass is 488 g/mol. The van der Waals surface area contributed by atoms with E-state index in [1.54, 1.807) is 17.1 Å². The van der Waals surface area contributed by atoms with Crippen LogP contribution in [0.3, 0.4) is 0 Å². The van der Waals surface area contributed by atoms with Gasteiger partial charge in [0.2, 0.25) is 0 Å². The number of aryl methyl sites for hydroxylation is 2. The second kappa shape index (κ2) is 9.60. The molecule has 3 heterocycles. The quantitative estimate of drug-likeness (QED) is 0.466. The lowest BCUT2D eigenvalue weighted by molar-refractivity contribution is 0.0923. The summed E-state index contributed by atoms with van der Waals surface area (Å²) in [7, 11) is 1.82. The zero-order valence-electron chi connectivity index (χ0n) is 20.9. The molecule has 10 heteroatoms. The van der Waals surface area contributed by atoms with E-state index in [1.807, 2.05) is 26.1 Å². The number of hydrogen-bond donors (Lipinski definition) is 3. The third-order valence-electron chi connectivity index (χ3n) is 7.08. The normalized spacial score (nSPS) is 19.7. The molecule has 10 nitrogen and oxygen atoms in total. The van der Waals surface area contributed by atoms with Crippen LogP contribution < -0.4 is 21.3 Å². The second-order valence-electron chi connectivity index (χ2n) is 9.77. The van der Waals surface area contributed by atoms with Crippen molar-refractivity contribution in [3.8, 4) is 0 Å². The smallest absolute Gasteiger partial charge is 0.271 e. The number of carbonyl (C=O) groups is 2. The Balaban J connectivity index is 1.33. The first-order valence-electron chi connectivity index (χ1n) is 12.4. The lowest BCUT2D eigenvalue weighted by Gasteiger charge is -2.40. The molecular formula is C26H32N8O2. The van der Waals surface area contributed by atoms with Gasteiger partial charge in [-0.05, 0) is 63.1 Å². The van der Waals surface area contributed by atoms with Gasteiger partial charge >= 0.3 is 0 Å². The average molecular weight is 489 g/mol. The Morgan fingerprint density at radius 3 is 2.53 bits per heavy atom. The van der Waals surface area contributed by atoms with E-state index >= 15 is 0 Å². The molecule has 2 aromatic heterocycles. The van der Waals surface area contributed by atoms with Gasteiger partial charge in [-0.25, -0.2) is 9.97 Å². The molecular weight excluding hydrogens is 456 g/mol. The number of aromatic nitrogens is 4. The van der Waals surface area contributed by atoms with Crippen molar-refractivity contribution >= 4 is 29.1 Å². The molecule has 2 fully saturated rings. The summed E-state index contributed by atoms with van der Waals surface area (Å²) in [5, 5.41) is 10.7. The Morgan fingerprint density at radius 2 is 1.89 bits per heavy atom. The van der Waals surface area contributed by atoms with Crippen molar-refractivity contribution in [3.05, 3.63) is 59.2 Å². The molecule has 2 aliphatic rings. The highest BCUT2D eigenvalue weighted by Gasteiger charge is 2.31. The van der Waals surface area contributed by atoms with E-state index in [0.717, 1.165) is 30.8 Å². The molecule has 0 bridgehead atoms. The third kappa shape index (κ3) is 4.89. The number of amides is 2. The minimum atomic E-state index is -0.664. The summed E-state index contributed by atoms with van der Waals surface area (Å²) < 4.78 is 1.68. The van der Waals surface area contributed by atoms with Gasteiger partial charge in [-0.15, -0.1) is 0 Å². The predicted molar refractivity (Wildman–Crippen MR) is 137 cm³/mol. The Labute approximate surface area is 210 Å². The molecule has 1 saturated carbocycles. The molecule has 0 radical (unpaired) electrons. The summed E-state index contributed by atoms with van der Waals surface area (Å²) in [4.78, 5) is 36.2. The number of nitrogens with one attached hydrogen (secondary N) is 2. The molecule has 0 unspecified atom stereocenters. The molecule has 2 amide bonds. The van der Waals surface area contributed by atoms with Crippen LogP contribution in [-0.2, 0) is 7.05 Å². The summed E-state index contributed by atoms with van der Waals surface area (Å²) in [6.07, 6.45) is 7.61. The van der Waals surface area contributed by atoms with E-state index in [2.05, 4.69) is 44.7 Å². The van der Waals surface area contributed by atoms with Crippen molar-refractivity contribution in [1.82, 2.24) is 25.1 Å². The van der Waals surface area contributed by atoms with Crippen molar-refractivity contribution in [3.63, 3.8) is 0 Å².